The molecular weight excluding hydrogens is 263 g/mol. The lowest BCUT2D eigenvalue weighted by Crippen LogP contribution is -2.36. The maximum atomic E-state index is 13.3. The standard InChI is InChI=1S/C14H19FN2OS/c1-10-13(18)17(8-7-16(2)3)14(19-10)11-5-4-6-12(15)9-11/h4-6,9-10,14H,7-8H2,1-3H3/t10-,14-/m0/s1. The van der Waals surface area contributed by atoms with Gasteiger partial charge in [-0.2, -0.15) is 0 Å². The van der Waals surface area contributed by atoms with Crippen molar-refractivity contribution < 1.29 is 9.18 Å². The summed E-state index contributed by atoms with van der Waals surface area (Å²) in [6, 6.07) is 6.53. The van der Waals surface area contributed by atoms with Crippen molar-refractivity contribution >= 4 is 17.7 Å². The van der Waals surface area contributed by atoms with Crippen LogP contribution in [0.5, 0.6) is 0 Å². The summed E-state index contributed by atoms with van der Waals surface area (Å²) in [4.78, 5) is 16.1. The van der Waals surface area contributed by atoms with Gasteiger partial charge < -0.3 is 9.80 Å². The molecular formula is C14H19FN2OS. The molecule has 1 heterocycles. The predicted molar refractivity (Wildman–Crippen MR) is 76.5 cm³/mol. The molecule has 1 fully saturated rings. The molecule has 5 heteroatoms. The van der Waals surface area contributed by atoms with Crippen molar-refractivity contribution in [2.45, 2.75) is 17.5 Å². The Hall–Kier alpha value is -1.07. The van der Waals surface area contributed by atoms with Crippen molar-refractivity contribution in [1.82, 2.24) is 9.80 Å². The fraction of sp³-hybridized carbons (Fsp3) is 0.500. The summed E-state index contributed by atoms with van der Waals surface area (Å²) in [5, 5.41) is -0.131. The van der Waals surface area contributed by atoms with Crippen molar-refractivity contribution in [2.24, 2.45) is 0 Å². The molecule has 1 aromatic carbocycles. The molecule has 0 spiro atoms. The second-order valence-electron chi connectivity index (χ2n) is 5.02. The molecule has 1 aliphatic heterocycles. The smallest absolute Gasteiger partial charge is 0.236 e. The van der Waals surface area contributed by atoms with E-state index in [0.717, 1.165) is 12.1 Å². The molecule has 0 aliphatic carbocycles. The second-order valence-corrected chi connectivity index (χ2v) is 6.45. The summed E-state index contributed by atoms with van der Waals surface area (Å²) < 4.78 is 13.3. The molecule has 1 saturated heterocycles. The Bertz CT molecular complexity index is 467. The lowest BCUT2D eigenvalue weighted by atomic mass is 10.2. The Morgan fingerprint density at radius 3 is 2.79 bits per heavy atom. The van der Waals surface area contributed by atoms with Gasteiger partial charge in [0.25, 0.3) is 0 Å². The summed E-state index contributed by atoms with van der Waals surface area (Å²) in [5.41, 5.74) is 0.862. The summed E-state index contributed by atoms with van der Waals surface area (Å²) in [7, 11) is 3.96. The van der Waals surface area contributed by atoms with Gasteiger partial charge in [0, 0.05) is 13.1 Å². The van der Waals surface area contributed by atoms with Crippen LogP contribution in [0.3, 0.4) is 0 Å². The zero-order chi connectivity index (χ0) is 14.0. The normalized spacial score (nSPS) is 23.4. The maximum absolute atomic E-state index is 13.3. The van der Waals surface area contributed by atoms with Gasteiger partial charge in [0.2, 0.25) is 5.91 Å². The lowest BCUT2D eigenvalue weighted by Gasteiger charge is -2.25. The summed E-state index contributed by atoms with van der Waals surface area (Å²) >= 11 is 1.59. The Labute approximate surface area is 117 Å². The Kier molecular flexibility index (Phi) is 4.47. The third-order valence-corrected chi connectivity index (χ3v) is 4.56. The van der Waals surface area contributed by atoms with E-state index in [1.54, 1.807) is 17.8 Å². The van der Waals surface area contributed by atoms with Crippen LogP contribution in [0, 0.1) is 5.82 Å². The van der Waals surface area contributed by atoms with E-state index in [9.17, 15) is 9.18 Å². The SMILES string of the molecule is C[C@@H]1S[C@@H](c2cccc(F)c2)N(CCN(C)C)C1=O. The minimum absolute atomic E-state index is 0.0598. The van der Waals surface area contributed by atoms with Crippen molar-refractivity contribution in [1.29, 1.82) is 0 Å². The van der Waals surface area contributed by atoms with Gasteiger partial charge >= 0.3 is 0 Å². The molecule has 0 bridgehead atoms. The quantitative estimate of drug-likeness (QED) is 0.847. The van der Waals surface area contributed by atoms with E-state index < -0.39 is 0 Å². The number of halogens is 1. The number of rotatable bonds is 4. The minimum atomic E-state index is -0.252. The minimum Gasteiger partial charge on any atom is -0.324 e. The molecule has 0 saturated carbocycles. The maximum Gasteiger partial charge on any atom is 0.236 e. The van der Waals surface area contributed by atoms with Gasteiger partial charge in [-0.3, -0.25) is 4.79 Å². The molecule has 1 aliphatic rings. The largest absolute Gasteiger partial charge is 0.324 e. The van der Waals surface area contributed by atoms with Crippen LogP contribution in [0.25, 0.3) is 0 Å². The summed E-state index contributed by atoms with van der Waals surface area (Å²) in [6.07, 6.45) is 0. The molecule has 3 nitrogen and oxygen atoms in total. The lowest BCUT2D eigenvalue weighted by molar-refractivity contribution is -0.129. The van der Waals surface area contributed by atoms with Gasteiger partial charge in [0.05, 0.1) is 5.25 Å². The molecule has 0 N–H and O–H groups in total. The zero-order valence-electron chi connectivity index (χ0n) is 11.5. The van der Waals surface area contributed by atoms with Crippen LogP contribution in [0.4, 0.5) is 4.39 Å². The number of carbonyl (C=O) groups is 1. The first kappa shape index (κ1) is 14.3. The third kappa shape index (κ3) is 3.28. The van der Waals surface area contributed by atoms with E-state index in [1.165, 1.54) is 12.1 Å². The van der Waals surface area contributed by atoms with Crippen LogP contribution in [0.1, 0.15) is 17.9 Å². The zero-order valence-corrected chi connectivity index (χ0v) is 12.3. The molecule has 2 rings (SSSR count). The van der Waals surface area contributed by atoms with Gasteiger partial charge in [-0.1, -0.05) is 12.1 Å². The number of nitrogens with zero attached hydrogens (tertiary/aromatic N) is 2. The van der Waals surface area contributed by atoms with E-state index in [-0.39, 0.29) is 22.3 Å². The Morgan fingerprint density at radius 2 is 2.16 bits per heavy atom. The average molecular weight is 282 g/mol. The molecule has 2 atom stereocenters. The summed E-state index contributed by atoms with van der Waals surface area (Å²) in [6.45, 7) is 3.39. The number of hydrogen-bond donors (Lipinski definition) is 0. The van der Waals surface area contributed by atoms with Gasteiger partial charge in [0.1, 0.15) is 11.2 Å². The number of hydrogen-bond acceptors (Lipinski definition) is 3. The molecule has 0 aromatic heterocycles. The number of carbonyl (C=O) groups excluding carboxylic acids is 1. The number of likely N-dealkylation sites (N-methyl/N-ethyl adjacent to an activating group) is 1. The number of amides is 1. The van der Waals surface area contributed by atoms with E-state index >= 15 is 0 Å². The van der Waals surface area contributed by atoms with E-state index in [1.807, 2.05) is 36.9 Å². The molecule has 104 valence electrons. The number of thioether (sulfide) groups is 1. The second kappa shape index (κ2) is 5.92. The monoisotopic (exact) mass is 282 g/mol. The van der Waals surface area contributed by atoms with E-state index in [0.29, 0.717) is 6.54 Å². The highest BCUT2D eigenvalue weighted by Gasteiger charge is 2.38. The Balaban J connectivity index is 2.19. The first-order valence-electron chi connectivity index (χ1n) is 6.35. The molecule has 1 amide bonds. The van der Waals surface area contributed by atoms with Gasteiger partial charge in [0.15, 0.2) is 0 Å². The molecule has 0 unspecified atom stereocenters. The van der Waals surface area contributed by atoms with Crippen LogP contribution in [-0.4, -0.2) is 48.1 Å². The Morgan fingerprint density at radius 1 is 1.42 bits per heavy atom. The van der Waals surface area contributed by atoms with Crippen LogP contribution in [0.2, 0.25) is 0 Å². The van der Waals surface area contributed by atoms with Crippen molar-refractivity contribution in [2.75, 3.05) is 27.2 Å². The highest BCUT2D eigenvalue weighted by atomic mass is 32.2. The fourth-order valence-electron chi connectivity index (χ4n) is 2.13. The first-order chi connectivity index (χ1) is 8.99. The molecule has 1 aromatic rings. The van der Waals surface area contributed by atoms with Gasteiger partial charge in [-0.15, -0.1) is 11.8 Å². The van der Waals surface area contributed by atoms with Gasteiger partial charge in [-0.05, 0) is 38.7 Å². The van der Waals surface area contributed by atoms with Crippen molar-refractivity contribution in [3.63, 3.8) is 0 Å². The van der Waals surface area contributed by atoms with Crippen molar-refractivity contribution in [3.8, 4) is 0 Å². The first-order valence-corrected chi connectivity index (χ1v) is 7.29. The van der Waals surface area contributed by atoms with Crippen LogP contribution >= 0.6 is 11.8 Å². The van der Waals surface area contributed by atoms with Crippen molar-refractivity contribution in [3.05, 3.63) is 35.6 Å². The molecule has 0 radical (unpaired) electrons. The van der Waals surface area contributed by atoms with Crippen LogP contribution < -0.4 is 0 Å². The van der Waals surface area contributed by atoms with E-state index in [2.05, 4.69) is 0 Å². The fourth-order valence-corrected chi connectivity index (χ4v) is 3.43. The average Bonchev–Trinajstić information content (AvgIpc) is 2.63. The summed E-state index contributed by atoms with van der Waals surface area (Å²) in [5.74, 6) is -0.112. The highest BCUT2D eigenvalue weighted by Crippen LogP contribution is 2.42. The third-order valence-electron chi connectivity index (χ3n) is 3.17. The highest BCUT2D eigenvalue weighted by molar-refractivity contribution is 8.01. The topological polar surface area (TPSA) is 23.6 Å². The van der Waals surface area contributed by atoms with Crippen LogP contribution in [0.15, 0.2) is 24.3 Å². The number of benzene rings is 1. The molecule has 19 heavy (non-hydrogen) atoms. The van der Waals surface area contributed by atoms with Crippen LogP contribution in [-0.2, 0) is 4.79 Å². The predicted octanol–water partition coefficient (Wildman–Crippen LogP) is 2.35. The van der Waals surface area contributed by atoms with E-state index in [4.69, 9.17) is 0 Å². The van der Waals surface area contributed by atoms with Gasteiger partial charge in [-0.25, -0.2) is 4.39 Å².